The Hall–Kier alpha value is -2.83. The first-order valence-corrected chi connectivity index (χ1v) is 8.54. The number of nitrogens with zero attached hydrogens (tertiary/aromatic N) is 4. The first-order chi connectivity index (χ1) is 12.0. The van der Waals surface area contributed by atoms with Crippen molar-refractivity contribution < 1.29 is 4.79 Å². The number of benzene rings is 1. The summed E-state index contributed by atoms with van der Waals surface area (Å²) >= 11 is 0. The van der Waals surface area contributed by atoms with Crippen LogP contribution in [0.3, 0.4) is 0 Å². The van der Waals surface area contributed by atoms with Gasteiger partial charge in [-0.15, -0.1) is 0 Å². The zero-order valence-corrected chi connectivity index (χ0v) is 14.4. The molecule has 3 aromatic rings. The van der Waals surface area contributed by atoms with Crippen molar-refractivity contribution in [1.82, 2.24) is 24.2 Å². The number of fused-ring (bicyclic) bond motifs is 1. The number of hydrogen-bond donors (Lipinski definition) is 1. The molecule has 0 unspecified atom stereocenters. The number of rotatable bonds is 2. The van der Waals surface area contributed by atoms with E-state index in [0.717, 1.165) is 29.6 Å². The molecule has 0 atom stereocenters. The van der Waals surface area contributed by atoms with Crippen LogP contribution in [0.2, 0.25) is 0 Å². The fraction of sp³-hybridized carbons (Fsp3) is 0.389. The highest BCUT2D eigenvalue weighted by molar-refractivity contribution is 5.92. The third kappa shape index (κ3) is 2.65. The van der Waals surface area contributed by atoms with E-state index in [2.05, 4.69) is 10.1 Å². The molecule has 1 amide bonds. The van der Waals surface area contributed by atoms with Gasteiger partial charge >= 0.3 is 5.69 Å². The van der Waals surface area contributed by atoms with Crippen molar-refractivity contribution >= 4 is 16.9 Å². The highest BCUT2D eigenvalue weighted by atomic mass is 16.2. The summed E-state index contributed by atoms with van der Waals surface area (Å²) < 4.78 is 3.47. The molecule has 3 heterocycles. The molecule has 1 N–H and O–H groups in total. The van der Waals surface area contributed by atoms with Crippen LogP contribution in [0.5, 0.6) is 0 Å². The van der Waals surface area contributed by atoms with Gasteiger partial charge in [0.2, 0.25) is 0 Å². The van der Waals surface area contributed by atoms with E-state index in [0.29, 0.717) is 18.8 Å². The monoisotopic (exact) mass is 339 g/mol. The van der Waals surface area contributed by atoms with Gasteiger partial charge in [-0.05, 0) is 38.0 Å². The molecular formula is C18H21N5O2. The van der Waals surface area contributed by atoms with Crippen molar-refractivity contribution in [1.29, 1.82) is 0 Å². The summed E-state index contributed by atoms with van der Waals surface area (Å²) in [5.74, 6) is 0.00724. The van der Waals surface area contributed by atoms with Crippen LogP contribution in [0.15, 0.2) is 35.1 Å². The Kier molecular flexibility index (Phi) is 3.71. The third-order valence-electron chi connectivity index (χ3n) is 4.96. The van der Waals surface area contributed by atoms with Crippen molar-refractivity contribution in [2.24, 2.45) is 7.05 Å². The SMILES string of the molecule is Cc1cc(C(=O)N2CCC(n3c(=O)[nH]c4ccccc43)CC2)n(C)n1. The van der Waals surface area contributed by atoms with Gasteiger partial charge in [0.1, 0.15) is 5.69 Å². The van der Waals surface area contributed by atoms with E-state index >= 15 is 0 Å². The van der Waals surface area contributed by atoms with Crippen molar-refractivity contribution in [3.05, 3.63) is 52.2 Å². The Morgan fingerprint density at radius 1 is 1.24 bits per heavy atom. The second kappa shape index (κ2) is 5.91. The van der Waals surface area contributed by atoms with Crippen LogP contribution >= 0.6 is 0 Å². The molecule has 0 bridgehead atoms. The minimum atomic E-state index is -0.0757. The normalized spacial score (nSPS) is 15.8. The molecule has 0 aliphatic carbocycles. The Labute approximate surface area is 144 Å². The van der Waals surface area contributed by atoms with Gasteiger partial charge in [-0.2, -0.15) is 5.10 Å². The first-order valence-electron chi connectivity index (χ1n) is 8.54. The largest absolute Gasteiger partial charge is 0.337 e. The first kappa shape index (κ1) is 15.7. The summed E-state index contributed by atoms with van der Waals surface area (Å²) in [4.78, 5) is 29.8. The lowest BCUT2D eigenvalue weighted by Gasteiger charge is -2.32. The molecule has 0 radical (unpaired) electrons. The van der Waals surface area contributed by atoms with Crippen LogP contribution in [0.25, 0.3) is 11.0 Å². The van der Waals surface area contributed by atoms with Gasteiger partial charge in [0.05, 0.1) is 16.7 Å². The third-order valence-corrected chi connectivity index (χ3v) is 4.96. The number of amides is 1. The Morgan fingerprint density at radius 2 is 1.96 bits per heavy atom. The molecule has 1 aliphatic rings. The summed E-state index contributed by atoms with van der Waals surface area (Å²) in [5, 5.41) is 4.25. The van der Waals surface area contributed by atoms with Gasteiger partial charge in [-0.25, -0.2) is 4.79 Å². The van der Waals surface area contributed by atoms with E-state index in [1.54, 1.807) is 11.7 Å². The van der Waals surface area contributed by atoms with E-state index in [4.69, 9.17) is 0 Å². The lowest BCUT2D eigenvalue weighted by molar-refractivity contribution is 0.0684. The highest BCUT2D eigenvalue weighted by Gasteiger charge is 2.27. The smallest absolute Gasteiger partial charge is 0.326 e. The summed E-state index contributed by atoms with van der Waals surface area (Å²) in [6.45, 7) is 3.16. The predicted octanol–water partition coefficient (Wildman–Crippen LogP) is 1.85. The maximum atomic E-state index is 12.7. The average molecular weight is 339 g/mol. The predicted molar refractivity (Wildman–Crippen MR) is 94.7 cm³/mol. The standard InChI is InChI=1S/C18H21N5O2/c1-12-11-16(21(2)20-12)17(24)22-9-7-13(8-10-22)23-15-6-4-3-5-14(15)19-18(23)25/h3-6,11,13H,7-10H2,1-2H3,(H,19,25). The molecular weight excluding hydrogens is 318 g/mol. The Balaban J connectivity index is 1.53. The molecule has 1 aliphatic heterocycles. The average Bonchev–Trinajstić information content (AvgIpc) is 3.12. The highest BCUT2D eigenvalue weighted by Crippen LogP contribution is 2.25. The summed E-state index contributed by atoms with van der Waals surface area (Å²) in [6, 6.07) is 9.66. The molecule has 7 heteroatoms. The van der Waals surface area contributed by atoms with Crippen molar-refractivity contribution in [3.8, 4) is 0 Å². The van der Waals surface area contributed by atoms with Gasteiger partial charge < -0.3 is 9.88 Å². The number of piperidine rings is 1. The Morgan fingerprint density at radius 3 is 2.64 bits per heavy atom. The van der Waals surface area contributed by atoms with Crippen LogP contribution in [0.4, 0.5) is 0 Å². The number of hydrogen-bond acceptors (Lipinski definition) is 3. The summed E-state index contributed by atoms with van der Waals surface area (Å²) in [5.41, 5.74) is 3.16. The summed E-state index contributed by atoms with van der Waals surface area (Å²) in [7, 11) is 1.79. The van der Waals surface area contributed by atoms with Crippen LogP contribution in [-0.4, -0.2) is 43.2 Å². The zero-order chi connectivity index (χ0) is 17.6. The van der Waals surface area contributed by atoms with E-state index in [-0.39, 0.29) is 17.6 Å². The maximum Gasteiger partial charge on any atom is 0.326 e. The maximum absolute atomic E-state index is 12.7. The number of aromatic amines is 1. The van der Waals surface area contributed by atoms with Crippen molar-refractivity contribution in [2.45, 2.75) is 25.8 Å². The number of imidazole rings is 1. The van der Waals surface area contributed by atoms with Gasteiger partial charge in [-0.3, -0.25) is 14.0 Å². The minimum absolute atomic E-state index is 0.00724. The Bertz CT molecular complexity index is 988. The lowest BCUT2D eigenvalue weighted by atomic mass is 10.0. The molecule has 7 nitrogen and oxygen atoms in total. The van der Waals surface area contributed by atoms with Gasteiger partial charge in [0, 0.05) is 26.2 Å². The lowest BCUT2D eigenvalue weighted by Crippen LogP contribution is -2.41. The van der Waals surface area contributed by atoms with Crippen molar-refractivity contribution in [2.75, 3.05) is 13.1 Å². The van der Waals surface area contributed by atoms with Crippen LogP contribution < -0.4 is 5.69 Å². The van der Waals surface area contributed by atoms with E-state index in [1.165, 1.54) is 0 Å². The van der Waals surface area contributed by atoms with E-state index in [9.17, 15) is 9.59 Å². The second-order valence-electron chi connectivity index (χ2n) is 6.64. The number of H-pyrrole nitrogens is 1. The summed E-state index contributed by atoms with van der Waals surface area (Å²) in [6.07, 6.45) is 1.54. The fourth-order valence-corrected chi connectivity index (χ4v) is 3.74. The number of carbonyl (C=O) groups is 1. The van der Waals surface area contributed by atoms with Crippen molar-refractivity contribution in [3.63, 3.8) is 0 Å². The number of aromatic nitrogens is 4. The molecule has 1 fully saturated rings. The molecule has 25 heavy (non-hydrogen) atoms. The number of carbonyl (C=O) groups excluding carboxylic acids is 1. The fourth-order valence-electron chi connectivity index (χ4n) is 3.74. The second-order valence-corrected chi connectivity index (χ2v) is 6.64. The van der Waals surface area contributed by atoms with Gasteiger partial charge in [0.25, 0.3) is 5.91 Å². The van der Waals surface area contributed by atoms with Gasteiger partial charge in [-0.1, -0.05) is 12.1 Å². The molecule has 4 rings (SSSR count). The number of aryl methyl sites for hydroxylation is 2. The molecule has 2 aromatic heterocycles. The molecule has 0 spiro atoms. The van der Waals surface area contributed by atoms with Crippen LogP contribution in [-0.2, 0) is 7.05 Å². The van der Waals surface area contributed by atoms with Crippen LogP contribution in [0.1, 0.15) is 35.1 Å². The number of para-hydroxylation sites is 2. The number of likely N-dealkylation sites (tertiary alicyclic amines) is 1. The molecule has 0 saturated carbocycles. The topological polar surface area (TPSA) is 75.9 Å². The molecule has 130 valence electrons. The molecule has 1 aromatic carbocycles. The van der Waals surface area contributed by atoms with Crippen LogP contribution in [0, 0.1) is 6.92 Å². The van der Waals surface area contributed by atoms with Gasteiger partial charge in [0.15, 0.2) is 0 Å². The zero-order valence-electron chi connectivity index (χ0n) is 14.4. The van der Waals surface area contributed by atoms with E-state index < -0.39 is 0 Å². The quantitative estimate of drug-likeness (QED) is 0.774. The molecule has 1 saturated heterocycles. The van der Waals surface area contributed by atoms with E-state index in [1.807, 2.05) is 46.7 Å². The number of nitrogens with one attached hydrogen (secondary N) is 1. The minimum Gasteiger partial charge on any atom is -0.337 e.